The molecule has 25 heavy (non-hydrogen) atoms. The van der Waals surface area contributed by atoms with Crippen LogP contribution in [0, 0.1) is 17.2 Å². The molecule has 0 aliphatic heterocycles. The van der Waals surface area contributed by atoms with Crippen molar-refractivity contribution in [2.45, 2.75) is 27.4 Å². The Morgan fingerprint density at radius 1 is 1.44 bits per heavy atom. The molecule has 0 fully saturated rings. The number of hydrogen-bond acceptors (Lipinski definition) is 6. The summed E-state index contributed by atoms with van der Waals surface area (Å²) in [6.07, 6.45) is 0. The molecule has 0 atom stereocenters. The van der Waals surface area contributed by atoms with E-state index in [1.807, 2.05) is 19.9 Å². The molecule has 0 saturated carbocycles. The van der Waals surface area contributed by atoms with Crippen LogP contribution in [0.4, 0.5) is 0 Å². The van der Waals surface area contributed by atoms with Crippen molar-refractivity contribution in [3.05, 3.63) is 33.9 Å². The number of aromatic nitrogens is 1. The fraction of sp³-hybridized carbons (Fsp3) is 0.389. The molecule has 7 heteroatoms. The zero-order chi connectivity index (χ0) is 18.4. The minimum atomic E-state index is -0.442. The van der Waals surface area contributed by atoms with Crippen LogP contribution in [-0.4, -0.2) is 43.8 Å². The zero-order valence-corrected chi connectivity index (χ0v) is 16.1. The van der Waals surface area contributed by atoms with Gasteiger partial charge in [0.05, 0.1) is 0 Å². The Labute approximate surface area is 152 Å². The number of nitrogens with zero attached hydrogens (tertiary/aromatic N) is 2. The number of aliphatic hydroxyl groups excluding tert-OH is 1. The van der Waals surface area contributed by atoms with E-state index >= 15 is 0 Å². The Morgan fingerprint density at radius 3 is 2.80 bits per heavy atom. The number of nitriles is 1. The summed E-state index contributed by atoms with van der Waals surface area (Å²) in [5.74, 6) is 0.451. The van der Waals surface area contributed by atoms with Gasteiger partial charge >= 0.3 is 152 Å². The second-order valence-corrected chi connectivity index (χ2v) is 7.80. The molecule has 0 saturated heterocycles. The fourth-order valence-electron chi connectivity index (χ4n) is 2.07. The van der Waals surface area contributed by atoms with E-state index in [1.165, 1.54) is 0 Å². The maximum atomic E-state index is 12.0. The Balaban J connectivity index is 2.35. The molecule has 2 rings (SSSR count). The van der Waals surface area contributed by atoms with Crippen LogP contribution in [-0.2, 0) is 11.3 Å². The standard InChI is InChI=1S/C18H20N2O4Se/c1-4-23-18(22)16-14(9-21)20-17(25-16)12-5-6-15(13(7-12)8-19)24-10-11(2)3/h5-7,11,21H,4,9-10H2,1-3H3. The number of rotatable bonds is 7. The number of benzene rings is 1. The first-order chi connectivity index (χ1) is 12.0. The minimum absolute atomic E-state index is 0.271. The third kappa shape index (κ3) is 4.70. The van der Waals surface area contributed by atoms with Crippen molar-refractivity contribution in [2.24, 2.45) is 5.92 Å². The van der Waals surface area contributed by atoms with Gasteiger partial charge in [0, 0.05) is 0 Å². The van der Waals surface area contributed by atoms with E-state index in [2.05, 4.69) is 11.1 Å². The van der Waals surface area contributed by atoms with Gasteiger partial charge in [-0.3, -0.25) is 0 Å². The third-order valence-corrected chi connectivity index (χ3v) is 5.59. The van der Waals surface area contributed by atoms with E-state index in [-0.39, 0.29) is 27.7 Å². The summed E-state index contributed by atoms with van der Waals surface area (Å²) in [4.78, 5) is 16.4. The van der Waals surface area contributed by atoms with Crippen LogP contribution in [0.5, 0.6) is 5.75 Å². The van der Waals surface area contributed by atoms with Gasteiger partial charge in [0.1, 0.15) is 0 Å². The third-order valence-electron chi connectivity index (χ3n) is 3.23. The SMILES string of the molecule is CCOC(=O)c1[se]c(-c2ccc(OCC(C)C)c(C#N)c2)nc1CO. The Morgan fingerprint density at radius 2 is 2.20 bits per heavy atom. The topological polar surface area (TPSA) is 92.4 Å². The summed E-state index contributed by atoms with van der Waals surface area (Å²) >= 11 is -0.378. The molecule has 1 heterocycles. The molecular weight excluding hydrogens is 387 g/mol. The van der Waals surface area contributed by atoms with Gasteiger partial charge in [-0.15, -0.1) is 0 Å². The van der Waals surface area contributed by atoms with E-state index in [4.69, 9.17) is 9.47 Å². The Bertz CT molecular complexity index is 793. The first-order valence-corrected chi connectivity index (χ1v) is 9.66. The van der Waals surface area contributed by atoms with Crippen LogP contribution < -0.4 is 4.74 Å². The molecule has 0 radical (unpaired) electrons. The molecule has 0 unspecified atom stereocenters. The molecule has 0 aliphatic rings. The van der Waals surface area contributed by atoms with Crippen molar-refractivity contribution in [1.29, 1.82) is 5.26 Å². The Hall–Kier alpha value is -2.13. The first kappa shape index (κ1) is 19.2. The van der Waals surface area contributed by atoms with Crippen LogP contribution in [0.25, 0.3) is 10.1 Å². The molecule has 132 valence electrons. The average Bonchev–Trinajstić information content (AvgIpc) is 3.04. The Kier molecular flexibility index (Phi) is 6.77. The van der Waals surface area contributed by atoms with Gasteiger partial charge in [-0.25, -0.2) is 0 Å². The van der Waals surface area contributed by atoms with Gasteiger partial charge in [-0.1, -0.05) is 0 Å². The van der Waals surface area contributed by atoms with Crippen LogP contribution in [0.3, 0.4) is 0 Å². The number of carbonyl (C=O) groups is 1. The number of carbonyl (C=O) groups excluding carboxylic acids is 1. The average molecular weight is 407 g/mol. The van der Waals surface area contributed by atoms with E-state index in [0.29, 0.717) is 38.5 Å². The van der Waals surface area contributed by atoms with E-state index in [0.717, 1.165) is 5.56 Å². The molecule has 0 aliphatic carbocycles. The number of esters is 1. The quantitative estimate of drug-likeness (QED) is 0.560. The van der Waals surface area contributed by atoms with Crippen molar-refractivity contribution >= 4 is 20.5 Å². The molecule has 1 N–H and O–H groups in total. The summed E-state index contributed by atoms with van der Waals surface area (Å²) in [6, 6.07) is 7.41. The summed E-state index contributed by atoms with van der Waals surface area (Å²) in [7, 11) is 0. The summed E-state index contributed by atoms with van der Waals surface area (Å²) in [5.41, 5.74) is 1.51. The molecule has 1 aromatic heterocycles. The van der Waals surface area contributed by atoms with Crippen molar-refractivity contribution in [1.82, 2.24) is 4.98 Å². The van der Waals surface area contributed by atoms with Gasteiger partial charge in [0.25, 0.3) is 0 Å². The fourth-order valence-corrected chi connectivity index (χ4v) is 4.09. The molecule has 1 aromatic carbocycles. The van der Waals surface area contributed by atoms with Crippen LogP contribution >= 0.6 is 0 Å². The number of hydrogen-bond donors (Lipinski definition) is 1. The van der Waals surface area contributed by atoms with Gasteiger partial charge in [0.2, 0.25) is 0 Å². The molecule has 0 spiro atoms. The van der Waals surface area contributed by atoms with Crippen molar-refractivity contribution in [2.75, 3.05) is 13.2 Å². The van der Waals surface area contributed by atoms with Gasteiger partial charge in [-0.05, 0) is 0 Å². The van der Waals surface area contributed by atoms with Crippen molar-refractivity contribution < 1.29 is 19.4 Å². The van der Waals surface area contributed by atoms with Crippen LogP contribution in [0.15, 0.2) is 18.2 Å². The second kappa shape index (κ2) is 8.82. The van der Waals surface area contributed by atoms with E-state index in [1.54, 1.807) is 19.1 Å². The number of ether oxygens (including phenoxy) is 2. The van der Waals surface area contributed by atoms with Gasteiger partial charge < -0.3 is 0 Å². The van der Waals surface area contributed by atoms with Crippen molar-refractivity contribution in [3.63, 3.8) is 0 Å². The van der Waals surface area contributed by atoms with Crippen LogP contribution in [0.1, 0.15) is 41.3 Å². The molecule has 2 aromatic rings. The van der Waals surface area contributed by atoms with Gasteiger partial charge in [0.15, 0.2) is 0 Å². The molecule has 0 amide bonds. The first-order valence-electron chi connectivity index (χ1n) is 7.95. The van der Waals surface area contributed by atoms with E-state index < -0.39 is 5.97 Å². The molecule has 6 nitrogen and oxygen atoms in total. The normalized spacial score (nSPS) is 10.6. The predicted molar refractivity (Wildman–Crippen MR) is 93.5 cm³/mol. The zero-order valence-electron chi connectivity index (χ0n) is 14.4. The van der Waals surface area contributed by atoms with Crippen LogP contribution in [0.2, 0.25) is 0 Å². The summed E-state index contributed by atoms with van der Waals surface area (Å²) in [5, 5.41) is 18.8. The molecule has 0 bridgehead atoms. The van der Waals surface area contributed by atoms with Crippen molar-refractivity contribution in [3.8, 4) is 22.0 Å². The summed E-state index contributed by atoms with van der Waals surface area (Å²) < 4.78 is 11.8. The van der Waals surface area contributed by atoms with E-state index in [9.17, 15) is 15.2 Å². The second-order valence-electron chi connectivity index (χ2n) is 5.70. The predicted octanol–water partition coefficient (Wildman–Crippen LogP) is 2.38. The summed E-state index contributed by atoms with van der Waals surface area (Å²) in [6.45, 7) is 6.29. The molecular formula is C18H20N2O4Se. The number of aliphatic hydroxyl groups is 1. The monoisotopic (exact) mass is 408 g/mol. The van der Waals surface area contributed by atoms with Gasteiger partial charge in [-0.2, -0.15) is 0 Å². The maximum absolute atomic E-state index is 12.0.